The largest absolute Gasteiger partial charge is 0.495 e. The fraction of sp³-hybridized carbons (Fsp3) is 0.436. The average molecular weight is 609 g/mol. The lowest BCUT2D eigenvalue weighted by molar-refractivity contribution is 0.174. The second-order valence-electron chi connectivity index (χ2n) is 13.3. The Bertz CT molecular complexity index is 1510. The third-order valence-corrected chi connectivity index (χ3v) is 9.77. The zero-order valence-electron chi connectivity index (χ0n) is 26.6. The van der Waals surface area contributed by atoms with Crippen molar-refractivity contribution >= 4 is 0 Å². The Morgan fingerprint density at radius 2 is 1.07 bits per heavy atom. The summed E-state index contributed by atoms with van der Waals surface area (Å²) >= 11 is 0. The van der Waals surface area contributed by atoms with Crippen LogP contribution in [0.4, 0.5) is 0 Å². The third-order valence-electron chi connectivity index (χ3n) is 9.77. The van der Waals surface area contributed by atoms with Crippen LogP contribution >= 0.6 is 0 Å². The first-order valence-electron chi connectivity index (χ1n) is 16.3. The predicted octanol–water partition coefficient (Wildman–Crippen LogP) is 7.28. The fourth-order valence-corrected chi connectivity index (χ4v) is 6.19. The van der Waals surface area contributed by atoms with E-state index in [1.54, 1.807) is 0 Å². The fourth-order valence-electron chi connectivity index (χ4n) is 6.19. The zero-order valence-corrected chi connectivity index (χ0v) is 26.6. The van der Waals surface area contributed by atoms with Gasteiger partial charge in [-0.05, 0) is 65.9 Å². The van der Waals surface area contributed by atoms with Crippen LogP contribution in [0.2, 0.25) is 0 Å². The van der Waals surface area contributed by atoms with Crippen molar-refractivity contribution in [2.75, 3.05) is 39.6 Å². The van der Waals surface area contributed by atoms with Gasteiger partial charge in [-0.3, -0.25) is 0 Å². The summed E-state index contributed by atoms with van der Waals surface area (Å²) < 4.78 is 33.8. The Balaban J connectivity index is 1.13. The molecule has 1 aliphatic carbocycles. The molecule has 3 fully saturated rings. The van der Waals surface area contributed by atoms with Gasteiger partial charge in [-0.1, -0.05) is 74.0 Å². The van der Waals surface area contributed by atoms with Gasteiger partial charge in [0, 0.05) is 23.7 Å². The Morgan fingerprint density at radius 3 is 1.58 bits per heavy atom. The molecule has 6 heteroatoms. The first-order valence-corrected chi connectivity index (χ1v) is 16.3. The molecule has 0 amide bonds. The maximum Gasteiger partial charge on any atom is 0.119 e. The first-order chi connectivity index (χ1) is 21.9. The molecule has 0 bridgehead atoms. The van der Waals surface area contributed by atoms with Gasteiger partial charge in [0.1, 0.15) is 36.9 Å². The van der Waals surface area contributed by atoms with Gasteiger partial charge in [-0.25, -0.2) is 0 Å². The van der Waals surface area contributed by atoms with Gasteiger partial charge < -0.3 is 28.4 Å². The van der Waals surface area contributed by atoms with E-state index in [9.17, 15) is 0 Å². The van der Waals surface area contributed by atoms with Crippen molar-refractivity contribution in [2.24, 2.45) is 0 Å². The summed E-state index contributed by atoms with van der Waals surface area (Å²) in [6, 6.07) is 26.3. The number of rotatable bonds is 15. The van der Waals surface area contributed by atoms with Crippen LogP contribution in [-0.2, 0) is 29.8 Å². The summed E-state index contributed by atoms with van der Waals surface area (Å²) in [6.07, 6.45) is 8.14. The molecule has 0 spiro atoms. The molecule has 0 aromatic heterocycles. The summed E-state index contributed by atoms with van der Waals surface area (Å²) in [7, 11) is 0. The molecule has 4 atom stereocenters. The van der Waals surface area contributed by atoms with Crippen LogP contribution in [0.1, 0.15) is 62.3 Å². The Labute approximate surface area is 266 Å². The van der Waals surface area contributed by atoms with Gasteiger partial charge in [0.15, 0.2) is 0 Å². The summed E-state index contributed by atoms with van der Waals surface area (Å²) in [5.74, 6) is 2.80. The predicted molar refractivity (Wildman–Crippen MR) is 174 cm³/mol. The van der Waals surface area contributed by atoms with Crippen LogP contribution < -0.4 is 9.47 Å². The molecule has 7 rings (SSSR count). The SMILES string of the molecule is CC(C)(C1=CC=C(OCC2CO2)CC1)c1ccc(C(C)(c2ccc(OCCC3CO3)cc2)c2ccc(OCC3CO3)cc2)cc1. The van der Waals surface area contributed by atoms with Crippen LogP contribution in [0.3, 0.4) is 0 Å². The minimum atomic E-state index is -0.383. The van der Waals surface area contributed by atoms with E-state index in [0.717, 1.165) is 56.3 Å². The van der Waals surface area contributed by atoms with Gasteiger partial charge in [0.2, 0.25) is 0 Å². The van der Waals surface area contributed by atoms with E-state index in [2.05, 4.69) is 106 Å². The molecule has 45 heavy (non-hydrogen) atoms. The second-order valence-corrected chi connectivity index (χ2v) is 13.3. The van der Waals surface area contributed by atoms with E-state index in [0.29, 0.717) is 25.9 Å². The van der Waals surface area contributed by atoms with E-state index >= 15 is 0 Å². The molecule has 3 aliphatic heterocycles. The van der Waals surface area contributed by atoms with Crippen LogP contribution in [0.25, 0.3) is 0 Å². The maximum atomic E-state index is 6.02. The van der Waals surface area contributed by atoms with Crippen LogP contribution in [0.5, 0.6) is 11.5 Å². The topological polar surface area (TPSA) is 65.3 Å². The number of hydrogen-bond acceptors (Lipinski definition) is 6. The second kappa shape index (κ2) is 12.7. The van der Waals surface area contributed by atoms with Gasteiger partial charge in [0.25, 0.3) is 0 Å². The Morgan fingerprint density at radius 1 is 0.578 bits per heavy atom. The minimum Gasteiger partial charge on any atom is -0.495 e. The van der Waals surface area contributed by atoms with Crippen molar-refractivity contribution in [1.82, 2.24) is 0 Å². The number of epoxide rings is 3. The van der Waals surface area contributed by atoms with Gasteiger partial charge in [-0.15, -0.1) is 0 Å². The maximum absolute atomic E-state index is 6.02. The van der Waals surface area contributed by atoms with Crippen molar-refractivity contribution in [3.05, 3.63) is 119 Å². The minimum absolute atomic E-state index is 0.0919. The van der Waals surface area contributed by atoms with Crippen LogP contribution in [-0.4, -0.2) is 58.0 Å². The monoisotopic (exact) mass is 608 g/mol. The van der Waals surface area contributed by atoms with Gasteiger partial charge in [0.05, 0.1) is 38.3 Å². The number of allylic oxidation sites excluding steroid dienone is 4. The number of ether oxygens (including phenoxy) is 6. The summed E-state index contributed by atoms with van der Waals surface area (Å²) in [4.78, 5) is 0. The molecule has 3 saturated heterocycles. The van der Waals surface area contributed by atoms with Crippen LogP contribution in [0.15, 0.2) is 96.3 Å². The Hall–Kier alpha value is -3.58. The third kappa shape index (κ3) is 7.14. The lowest BCUT2D eigenvalue weighted by Gasteiger charge is -2.34. The lowest BCUT2D eigenvalue weighted by Crippen LogP contribution is -2.26. The molecule has 0 N–H and O–H groups in total. The van der Waals surface area contributed by atoms with E-state index < -0.39 is 0 Å². The smallest absolute Gasteiger partial charge is 0.119 e. The summed E-state index contributed by atoms with van der Waals surface area (Å²) in [5.41, 5.74) is 5.89. The molecular weight excluding hydrogens is 564 g/mol. The molecule has 3 aromatic carbocycles. The molecule has 4 unspecified atom stereocenters. The molecule has 6 nitrogen and oxygen atoms in total. The molecule has 236 valence electrons. The number of benzene rings is 3. The molecule has 4 aliphatic rings. The first kappa shape index (κ1) is 30.1. The number of hydrogen-bond donors (Lipinski definition) is 0. The van der Waals surface area contributed by atoms with Gasteiger partial charge >= 0.3 is 0 Å². The van der Waals surface area contributed by atoms with Crippen molar-refractivity contribution in [2.45, 2.75) is 69.2 Å². The van der Waals surface area contributed by atoms with Crippen molar-refractivity contribution < 1.29 is 28.4 Å². The standard InChI is InChI=1S/C39H44O6/c1-38(2,28-8-14-33(15-9-28)41-23-36-25-44-36)27-4-6-29(7-5-27)39(3,31-12-18-34(19-13-31)42-24-37-26-45-37)30-10-16-32(17-11-30)40-21-20-35-22-43-35/h4-8,10-14,16-19,35-37H,9,15,20-26H2,1-3H3. The zero-order chi connectivity index (χ0) is 30.9. The average Bonchev–Trinajstić information content (AvgIpc) is 3.92. The van der Waals surface area contributed by atoms with Crippen LogP contribution in [0, 0.1) is 0 Å². The van der Waals surface area contributed by atoms with E-state index in [1.807, 2.05) is 0 Å². The molecule has 0 radical (unpaired) electrons. The van der Waals surface area contributed by atoms with Crippen molar-refractivity contribution in [3.63, 3.8) is 0 Å². The van der Waals surface area contributed by atoms with Crippen molar-refractivity contribution in [3.8, 4) is 11.5 Å². The van der Waals surface area contributed by atoms with Gasteiger partial charge in [-0.2, -0.15) is 0 Å². The molecule has 3 aromatic rings. The summed E-state index contributed by atoms with van der Waals surface area (Å²) in [5, 5.41) is 0. The Kier molecular flexibility index (Phi) is 8.47. The highest BCUT2D eigenvalue weighted by Crippen LogP contribution is 2.42. The molecule has 0 saturated carbocycles. The quantitative estimate of drug-likeness (QED) is 0.133. The summed E-state index contributed by atoms with van der Waals surface area (Å²) in [6.45, 7) is 11.4. The highest BCUT2D eigenvalue weighted by molar-refractivity contribution is 5.52. The van der Waals surface area contributed by atoms with E-state index in [-0.39, 0.29) is 23.0 Å². The van der Waals surface area contributed by atoms with Crippen molar-refractivity contribution in [1.29, 1.82) is 0 Å². The van der Waals surface area contributed by atoms with E-state index in [4.69, 9.17) is 28.4 Å². The normalized spacial score (nSPS) is 23.3. The highest BCUT2D eigenvalue weighted by atomic mass is 16.6. The lowest BCUT2D eigenvalue weighted by atomic mass is 9.69. The molecular formula is C39H44O6. The highest BCUT2D eigenvalue weighted by Gasteiger charge is 2.33. The molecule has 3 heterocycles. The van der Waals surface area contributed by atoms with E-state index in [1.165, 1.54) is 27.8 Å².